The molecule has 0 spiro atoms. The Labute approximate surface area is 590 Å². The zero-order valence-corrected chi connectivity index (χ0v) is 55.6. The summed E-state index contributed by atoms with van der Waals surface area (Å²) in [6, 6.07) is 118. The van der Waals surface area contributed by atoms with E-state index < -0.39 is 0 Å². The average molecular weight is 1330 g/mol. The number of aromatic nitrogens is 13. The Hall–Kier alpha value is -14.4. The lowest BCUT2D eigenvalue weighted by atomic mass is 10.0. The van der Waals surface area contributed by atoms with Gasteiger partial charge < -0.3 is 0 Å². The standard InChI is InChI=1S/C46H28N6.C45H27N7/c1-2-12-30-25-33(22-21-29(30)11-1)45-35-14-4-5-15-36(35)47-46(48-45)52-41-20-10-9-19-40(41)51-42-28-34(24-23-32(42)27-44(51)52)49-38-17-7-8-18-39(38)50-37-16-6-3-13-31(37)26-43(49)50;1-2-12-29-25-31(22-21-28(29)11-1)43-33-13-3-4-14-34(33)46-44(48-43)52-40-20-10-8-18-38(40)50-41-27-32(24-23-30(41)26-42(50)52)49-37-17-7-9-19-39(37)51-36-16-6-5-15-35(36)47-45(49)51/h1-28H;1-27H. The second kappa shape index (κ2) is 21.5. The van der Waals surface area contributed by atoms with Crippen LogP contribution in [0.5, 0.6) is 0 Å². The van der Waals surface area contributed by atoms with Crippen LogP contribution in [0.3, 0.4) is 0 Å². The number of hydrogen-bond acceptors (Lipinski definition) is 5. The van der Waals surface area contributed by atoms with Gasteiger partial charge in [0.25, 0.3) is 0 Å². The van der Waals surface area contributed by atoms with Crippen molar-refractivity contribution in [1.82, 2.24) is 60.8 Å². The Bertz CT molecular complexity index is 7320. The predicted molar refractivity (Wildman–Crippen MR) is 424 cm³/mol. The molecule has 24 aromatic rings. The number of hydrogen-bond donors (Lipinski definition) is 0. The summed E-state index contributed by atoms with van der Waals surface area (Å²) in [6.07, 6.45) is 0. The lowest BCUT2D eigenvalue weighted by molar-refractivity contribution is 1.00. The van der Waals surface area contributed by atoms with Gasteiger partial charge in [-0.05, 0) is 155 Å². The molecule has 0 saturated heterocycles. The van der Waals surface area contributed by atoms with Gasteiger partial charge in [0.2, 0.25) is 17.7 Å². The lowest BCUT2D eigenvalue weighted by Gasteiger charge is -2.11. The highest BCUT2D eigenvalue weighted by Gasteiger charge is 2.25. The van der Waals surface area contributed by atoms with Crippen molar-refractivity contribution in [3.63, 3.8) is 0 Å². The van der Waals surface area contributed by atoms with E-state index >= 15 is 0 Å². The minimum atomic E-state index is 0.637. The number of benzene rings is 14. The molecule has 24 rings (SSSR count). The summed E-state index contributed by atoms with van der Waals surface area (Å²) in [5.41, 5.74) is 25.5. The van der Waals surface area contributed by atoms with E-state index in [0.29, 0.717) is 11.9 Å². The molecule has 0 radical (unpaired) electrons. The van der Waals surface area contributed by atoms with Crippen molar-refractivity contribution in [3.8, 4) is 45.8 Å². The molecular formula is C91H55N13. The molecule has 10 aromatic heterocycles. The van der Waals surface area contributed by atoms with Crippen molar-refractivity contribution in [2.75, 3.05) is 0 Å². The van der Waals surface area contributed by atoms with Gasteiger partial charge in [-0.15, -0.1) is 0 Å². The van der Waals surface area contributed by atoms with Gasteiger partial charge in [0, 0.05) is 43.7 Å². The maximum atomic E-state index is 5.37. The third kappa shape index (κ3) is 8.16. The minimum Gasteiger partial charge on any atom is -0.294 e. The molecule has 0 unspecified atom stereocenters. The molecule has 10 heterocycles. The van der Waals surface area contributed by atoms with Crippen molar-refractivity contribution >= 4 is 154 Å². The molecule has 0 N–H and O–H groups in total. The normalized spacial score (nSPS) is 12.2. The quantitative estimate of drug-likeness (QED) is 0.165. The van der Waals surface area contributed by atoms with Gasteiger partial charge in [0.15, 0.2) is 0 Å². The Morgan fingerprint density at radius 1 is 0.192 bits per heavy atom. The monoisotopic (exact) mass is 1330 g/mol. The second-order valence-electron chi connectivity index (χ2n) is 27.0. The highest BCUT2D eigenvalue weighted by molar-refractivity contribution is 6.04. The van der Waals surface area contributed by atoms with Gasteiger partial charge in [-0.1, -0.05) is 200 Å². The topological polar surface area (TPSA) is 102 Å². The van der Waals surface area contributed by atoms with Crippen molar-refractivity contribution in [3.05, 3.63) is 334 Å². The van der Waals surface area contributed by atoms with Crippen molar-refractivity contribution < 1.29 is 0 Å². The van der Waals surface area contributed by atoms with Crippen LogP contribution in [-0.2, 0) is 0 Å². The van der Waals surface area contributed by atoms with Gasteiger partial charge in [0.05, 0.1) is 99.8 Å². The molecule has 104 heavy (non-hydrogen) atoms. The van der Waals surface area contributed by atoms with E-state index in [1.165, 1.54) is 43.5 Å². The first-order chi connectivity index (χ1) is 51.6. The first-order valence-corrected chi connectivity index (χ1v) is 35.1. The van der Waals surface area contributed by atoms with Crippen LogP contribution >= 0.6 is 0 Å². The zero-order chi connectivity index (χ0) is 67.8. The molecule has 0 amide bonds. The number of fused-ring (bicyclic) bond motifs is 24. The van der Waals surface area contributed by atoms with Crippen LogP contribution < -0.4 is 0 Å². The third-order valence-electron chi connectivity index (χ3n) is 21.3. The highest BCUT2D eigenvalue weighted by atomic mass is 15.2. The summed E-state index contributed by atoms with van der Waals surface area (Å²) < 4.78 is 18.4. The Morgan fingerprint density at radius 3 is 1.05 bits per heavy atom. The largest absolute Gasteiger partial charge is 0.294 e. The molecule has 484 valence electrons. The van der Waals surface area contributed by atoms with E-state index in [0.717, 1.165) is 144 Å². The van der Waals surface area contributed by atoms with E-state index in [2.05, 4.69) is 357 Å². The summed E-state index contributed by atoms with van der Waals surface area (Å²) in [6.45, 7) is 0. The zero-order valence-electron chi connectivity index (χ0n) is 55.6. The third-order valence-corrected chi connectivity index (χ3v) is 21.3. The average Bonchev–Trinajstić information content (AvgIpc) is 1.58. The van der Waals surface area contributed by atoms with Crippen LogP contribution in [0, 0.1) is 0 Å². The van der Waals surface area contributed by atoms with E-state index in [1.54, 1.807) is 0 Å². The molecule has 0 bridgehead atoms. The molecule has 0 aliphatic rings. The first kappa shape index (κ1) is 56.4. The fourth-order valence-corrected chi connectivity index (χ4v) is 16.7. The number of nitrogens with zero attached hydrogens (tertiary/aromatic N) is 13. The van der Waals surface area contributed by atoms with Gasteiger partial charge in [-0.3, -0.25) is 35.9 Å². The van der Waals surface area contributed by atoms with Gasteiger partial charge in [-0.2, -0.15) is 0 Å². The molecule has 0 saturated carbocycles. The van der Waals surface area contributed by atoms with Crippen molar-refractivity contribution in [2.45, 2.75) is 0 Å². The first-order valence-electron chi connectivity index (χ1n) is 35.1. The van der Waals surface area contributed by atoms with Gasteiger partial charge in [-0.25, -0.2) is 24.9 Å². The van der Waals surface area contributed by atoms with E-state index in [-0.39, 0.29) is 0 Å². The van der Waals surface area contributed by atoms with Crippen LogP contribution in [0.4, 0.5) is 0 Å². The van der Waals surface area contributed by atoms with Crippen LogP contribution in [-0.4, -0.2) is 60.8 Å². The summed E-state index contributed by atoms with van der Waals surface area (Å²) in [7, 11) is 0. The number of imidazole rings is 5. The summed E-state index contributed by atoms with van der Waals surface area (Å²) >= 11 is 0. The van der Waals surface area contributed by atoms with Gasteiger partial charge in [0.1, 0.15) is 16.9 Å². The predicted octanol–water partition coefficient (Wildman–Crippen LogP) is 21.7. The molecule has 0 aliphatic heterocycles. The number of rotatable bonds is 6. The second-order valence-corrected chi connectivity index (χ2v) is 27.0. The molecule has 13 heteroatoms. The van der Waals surface area contributed by atoms with Gasteiger partial charge >= 0.3 is 0 Å². The smallest absolute Gasteiger partial charge is 0.237 e. The molecule has 0 atom stereocenters. The SMILES string of the molecule is c1ccc2cc(-c3nc(-n4c5ccccc5n5c6cc(-n7c8ccccc8n8c9ccccc9cc78)ccc6cc45)nc4ccccc34)ccc2c1.c1ccc2cc(-c3nc(-n4c5ccccc5n5c6cc(-n7c8ccccc8n8c9ccccc9nc78)ccc6cc45)nc4ccccc34)ccc2c1. The fourth-order valence-electron chi connectivity index (χ4n) is 16.7. The van der Waals surface area contributed by atoms with E-state index in [9.17, 15) is 0 Å². The van der Waals surface area contributed by atoms with E-state index in [4.69, 9.17) is 24.9 Å². The molecule has 0 fully saturated rings. The maximum absolute atomic E-state index is 5.37. The van der Waals surface area contributed by atoms with Crippen LogP contribution in [0.15, 0.2) is 334 Å². The maximum Gasteiger partial charge on any atom is 0.237 e. The summed E-state index contributed by atoms with van der Waals surface area (Å²) in [5, 5.41) is 10.4. The van der Waals surface area contributed by atoms with Crippen molar-refractivity contribution in [2.24, 2.45) is 0 Å². The minimum absolute atomic E-state index is 0.637. The number of para-hydroxylation sites is 13. The summed E-state index contributed by atoms with van der Waals surface area (Å²) in [4.78, 5) is 26.3. The fraction of sp³-hybridized carbons (Fsp3) is 0. The molecule has 13 nitrogen and oxygen atoms in total. The Balaban J connectivity index is 0.000000127. The molecule has 0 aliphatic carbocycles. The summed E-state index contributed by atoms with van der Waals surface area (Å²) in [5.74, 6) is 2.18. The van der Waals surface area contributed by atoms with Crippen LogP contribution in [0.1, 0.15) is 0 Å². The lowest BCUT2D eigenvalue weighted by Crippen LogP contribution is -2.03. The molecular weight excluding hydrogens is 1280 g/mol. The Kier molecular flexibility index (Phi) is 11.7. The van der Waals surface area contributed by atoms with Crippen LogP contribution in [0.25, 0.3) is 200 Å². The van der Waals surface area contributed by atoms with Crippen LogP contribution in [0.2, 0.25) is 0 Å². The highest BCUT2D eigenvalue weighted by Crippen LogP contribution is 2.40. The Morgan fingerprint density at radius 2 is 0.538 bits per heavy atom. The van der Waals surface area contributed by atoms with E-state index in [1.807, 2.05) is 12.1 Å². The van der Waals surface area contributed by atoms with Crippen molar-refractivity contribution in [1.29, 1.82) is 0 Å². The molecule has 14 aromatic carbocycles.